The molecule has 4 atom stereocenters. The predicted octanol–water partition coefficient (Wildman–Crippen LogP) is 3.04. The van der Waals surface area contributed by atoms with Crippen molar-refractivity contribution in [2.75, 3.05) is 5.75 Å². The van der Waals surface area contributed by atoms with Crippen LogP contribution in [0.4, 0.5) is 0 Å². The third-order valence-corrected chi connectivity index (χ3v) is 5.84. The van der Waals surface area contributed by atoms with E-state index in [-0.39, 0.29) is 5.75 Å². The molecule has 1 aliphatic rings. The van der Waals surface area contributed by atoms with E-state index in [0.717, 1.165) is 0 Å². The monoisotopic (exact) mass is 480 g/mol. The number of aromatic nitrogens is 2. The SMILES string of the molecule is CC(=O)O[C@@H]1[C@@H](OC(C)=O)[C@H](OC(C)=O)CS[C@H]1Oc1ccc(-c2cccnc2Cl)nc1. The molecule has 0 amide bonds. The summed E-state index contributed by atoms with van der Waals surface area (Å²) in [6.07, 6.45) is 0.267. The molecule has 3 rings (SSSR count). The van der Waals surface area contributed by atoms with Gasteiger partial charge in [-0.3, -0.25) is 19.4 Å². The highest BCUT2D eigenvalue weighted by Gasteiger charge is 2.47. The molecule has 2 aromatic rings. The van der Waals surface area contributed by atoms with Crippen LogP contribution in [0, 0.1) is 0 Å². The van der Waals surface area contributed by atoms with Crippen LogP contribution in [0.1, 0.15) is 20.8 Å². The van der Waals surface area contributed by atoms with E-state index in [0.29, 0.717) is 22.2 Å². The minimum absolute atomic E-state index is 0.275. The third-order valence-electron chi connectivity index (χ3n) is 4.33. The zero-order valence-electron chi connectivity index (χ0n) is 17.5. The lowest BCUT2D eigenvalue weighted by atomic mass is 10.1. The summed E-state index contributed by atoms with van der Waals surface area (Å²) in [5, 5.41) is 0.326. The fourth-order valence-electron chi connectivity index (χ4n) is 3.13. The predicted molar refractivity (Wildman–Crippen MR) is 116 cm³/mol. The summed E-state index contributed by atoms with van der Waals surface area (Å²) in [4.78, 5) is 43.3. The van der Waals surface area contributed by atoms with Crippen LogP contribution >= 0.6 is 23.4 Å². The van der Waals surface area contributed by atoms with Crippen molar-refractivity contribution in [2.24, 2.45) is 0 Å². The van der Waals surface area contributed by atoms with Crippen LogP contribution in [0.15, 0.2) is 36.7 Å². The van der Waals surface area contributed by atoms with Gasteiger partial charge in [0.05, 0.1) is 11.9 Å². The first-order chi connectivity index (χ1) is 15.2. The molecule has 1 aliphatic heterocycles. The normalized spacial score (nSPS) is 22.5. The number of nitrogens with zero attached hydrogens (tertiary/aromatic N) is 2. The van der Waals surface area contributed by atoms with Gasteiger partial charge in [0.2, 0.25) is 0 Å². The molecule has 0 unspecified atom stereocenters. The third kappa shape index (κ3) is 6.10. The van der Waals surface area contributed by atoms with Crippen molar-refractivity contribution in [2.45, 2.75) is 44.5 Å². The summed E-state index contributed by atoms with van der Waals surface area (Å²) in [7, 11) is 0. The van der Waals surface area contributed by atoms with Gasteiger partial charge in [-0.05, 0) is 24.3 Å². The summed E-state index contributed by atoms with van der Waals surface area (Å²) in [5.74, 6) is -1.06. The number of halogens is 1. The highest BCUT2D eigenvalue weighted by Crippen LogP contribution is 2.34. The van der Waals surface area contributed by atoms with E-state index >= 15 is 0 Å². The smallest absolute Gasteiger partial charge is 0.303 e. The summed E-state index contributed by atoms with van der Waals surface area (Å²) >= 11 is 7.38. The molecular formula is C21H21ClN2O7S. The second kappa shape index (κ2) is 10.6. The summed E-state index contributed by atoms with van der Waals surface area (Å²) in [6.45, 7) is 3.70. The van der Waals surface area contributed by atoms with Gasteiger partial charge >= 0.3 is 17.9 Å². The van der Waals surface area contributed by atoms with Crippen LogP contribution < -0.4 is 4.74 Å². The molecule has 0 spiro atoms. The molecule has 0 N–H and O–H groups in total. The Balaban J connectivity index is 1.82. The maximum Gasteiger partial charge on any atom is 0.303 e. The highest BCUT2D eigenvalue weighted by atomic mass is 35.5. The van der Waals surface area contributed by atoms with E-state index in [9.17, 15) is 14.4 Å². The van der Waals surface area contributed by atoms with Crippen LogP contribution in [-0.2, 0) is 28.6 Å². The average molecular weight is 481 g/mol. The van der Waals surface area contributed by atoms with E-state index in [4.69, 9.17) is 30.5 Å². The molecule has 3 heterocycles. The number of ether oxygens (including phenoxy) is 4. The van der Waals surface area contributed by atoms with Gasteiger partial charge in [0.25, 0.3) is 0 Å². The largest absolute Gasteiger partial charge is 0.474 e. The zero-order chi connectivity index (χ0) is 23.3. The molecule has 9 nitrogen and oxygen atoms in total. The number of rotatable bonds is 6. The number of esters is 3. The van der Waals surface area contributed by atoms with Crippen molar-refractivity contribution < 1.29 is 33.3 Å². The number of pyridine rings is 2. The van der Waals surface area contributed by atoms with Gasteiger partial charge in [-0.25, -0.2) is 4.98 Å². The second-order valence-corrected chi connectivity index (χ2v) is 8.33. The Labute approximate surface area is 193 Å². The van der Waals surface area contributed by atoms with Gasteiger partial charge < -0.3 is 18.9 Å². The van der Waals surface area contributed by atoms with Crippen molar-refractivity contribution in [1.82, 2.24) is 9.97 Å². The van der Waals surface area contributed by atoms with Crippen LogP contribution in [0.5, 0.6) is 5.75 Å². The van der Waals surface area contributed by atoms with Crippen LogP contribution in [0.2, 0.25) is 5.15 Å². The Morgan fingerprint density at radius 1 is 0.969 bits per heavy atom. The quantitative estimate of drug-likeness (QED) is 0.347. The van der Waals surface area contributed by atoms with E-state index in [1.54, 1.807) is 30.5 Å². The van der Waals surface area contributed by atoms with Crippen LogP contribution in [-0.4, -0.2) is 57.4 Å². The minimum atomic E-state index is -1.02. The van der Waals surface area contributed by atoms with Crippen LogP contribution in [0.3, 0.4) is 0 Å². The molecule has 32 heavy (non-hydrogen) atoms. The molecule has 0 saturated carbocycles. The number of thioether (sulfide) groups is 1. The maximum absolute atomic E-state index is 11.7. The summed E-state index contributed by atoms with van der Waals surface area (Å²) in [6, 6.07) is 6.96. The first-order valence-electron chi connectivity index (χ1n) is 9.61. The Hall–Kier alpha value is -2.85. The topological polar surface area (TPSA) is 114 Å². The standard InChI is InChI=1S/C21H21ClN2O7S/c1-11(25)28-17-10-32-21(19(30-13(3)27)18(17)29-12(2)26)31-14-6-7-16(24-9-14)15-5-4-8-23-20(15)22/h4-9,17-19,21H,10H2,1-3H3/t17-,18+,19-,21-/m1/s1. The van der Waals surface area contributed by atoms with Gasteiger partial charge in [-0.2, -0.15) is 0 Å². The molecule has 170 valence electrons. The molecular weight excluding hydrogens is 460 g/mol. The molecule has 0 aromatic carbocycles. The maximum atomic E-state index is 11.7. The van der Waals surface area contributed by atoms with E-state index in [2.05, 4.69) is 9.97 Å². The molecule has 0 aliphatic carbocycles. The molecule has 2 aromatic heterocycles. The van der Waals surface area contributed by atoms with Gasteiger partial charge in [0, 0.05) is 38.3 Å². The van der Waals surface area contributed by atoms with E-state index < -0.39 is 41.7 Å². The molecule has 0 bridgehead atoms. The number of carbonyl (C=O) groups excluding carboxylic acids is 3. The number of hydrogen-bond acceptors (Lipinski definition) is 10. The van der Waals surface area contributed by atoms with Gasteiger partial charge in [-0.1, -0.05) is 11.6 Å². The van der Waals surface area contributed by atoms with E-state index in [1.165, 1.54) is 38.7 Å². The first-order valence-corrected chi connectivity index (χ1v) is 11.0. The van der Waals surface area contributed by atoms with Crippen molar-refractivity contribution in [3.05, 3.63) is 41.8 Å². The lowest BCUT2D eigenvalue weighted by Crippen LogP contribution is -2.55. The highest BCUT2D eigenvalue weighted by molar-refractivity contribution is 7.99. The molecule has 1 fully saturated rings. The Morgan fingerprint density at radius 2 is 1.66 bits per heavy atom. The minimum Gasteiger partial charge on any atom is -0.474 e. The zero-order valence-corrected chi connectivity index (χ0v) is 19.1. The fourth-order valence-corrected chi connectivity index (χ4v) is 4.56. The van der Waals surface area contributed by atoms with Crippen molar-refractivity contribution >= 4 is 41.3 Å². The molecule has 0 radical (unpaired) electrons. The summed E-state index contributed by atoms with van der Waals surface area (Å²) in [5.41, 5.74) is 0.547. The van der Waals surface area contributed by atoms with Gasteiger partial charge in [-0.15, -0.1) is 11.8 Å². The Morgan fingerprint density at radius 3 is 2.25 bits per heavy atom. The average Bonchev–Trinajstić information content (AvgIpc) is 2.72. The Bertz CT molecular complexity index is 988. The van der Waals surface area contributed by atoms with Gasteiger partial charge in [0.1, 0.15) is 10.9 Å². The first kappa shape index (κ1) is 23.8. The summed E-state index contributed by atoms with van der Waals surface area (Å²) < 4.78 is 22.0. The fraction of sp³-hybridized carbons (Fsp3) is 0.381. The van der Waals surface area contributed by atoms with Crippen molar-refractivity contribution in [3.8, 4) is 17.0 Å². The van der Waals surface area contributed by atoms with E-state index in [1.807, 2.05) is 0 Å². The number of hydrogen-bond donors (Lipinski definition) is 0. The molecule has 1 saturated heterocycles. The van der Waals surface area contributed by atoms with Crippen LogP contribution in [0.25, 0.3) is 11.3 Å². The van der Waals surface area contributed by atoms with Gasteiger partial charge in [0.15, 0.2) is 23.7 Å². The Kier molecular flexibility index (Phi) is 7.92. The lowest BCUT2D eigenvalue weighted by Gasteiger charge is -2.39. The molecule has 11 heteroatoms. The second-order valence-electron chi connectivity index (χ2n) is 6.84. The number of carbonyl (C=O) groups is 3. The van der Waals surface area contributed by atoms with Crippen molar-refractivity contribution in [3.63, 3.8) is 0 Å². The lowest BCUT2D eigenvalue weighted by molar-refractivity contribution is -0.186. The van der Waals surface area contributed by atoms with Crippen molar-refractivity contribution in [1.29, 1.82) is 0 Å².